The lowest BCUT2D eigenvalue weighted by Crippen LogP contribution is -2.27. The van der Waals surface area contributed by atoms with Gasteiger partial charge < -0.3 is 5.32 Å². The van der Waals surface area contributed by atoms with Gasteiger partial charge in [-0.1, -0.05) is 6.07 Å². The molecule has 22 heavy (non-hydrogen) atoms. The van der Waals surface area contributed by atoms with Gasteiger partial charge in [-0.05, 0) is 42.8 Å². The van der Waals surface area contributed by atoms with Gasteiger partial charge in [0.05, 0.1) is 4.90 Å². The number of rotatable bonds is 5. The molecule has 2 aromatic rings. The van der Waals surface area contributed by atoms with Gasteiger partial charge in [0.15, 0.2) is 0 Å². The first-order valence-electron chi connectivity index (χ1n) is 6.68. The summed E-state index contributed by atoms with van der Waals surface area (Å²) in [7, 11) is -2.15. The summed E-state index contributed by atoms with van der Waals surface area (Å²) in [4.78, 5) is 15.5. The summed E-state index contributed by atoms with van der Waals surface area (Å²) in [5.41, 5.74) is 1.18. The fraction of sp³-hybridized carbons (Fsp3) is 0.200. The standard InChI is InChI=1S/C15H17N3O3S/c1-11(13-4-3-9-17-10-13)18-22(20,21)14-7-5-12(6-8-14)15(19)16-2/h3-11,18H,1-2H3,(H,16,19). The van der Waals surface area contributed by atoms with E-state index in [2.05, 4.69) is 15.0 Å². The highest BCUT2D eigenvalue weighted by Crippen LogP contribution is 2.16. The molecule has 0 spiro atoms. The fourth-order valence-electron chi connectivity index (χ4n) is 1.93. The quantitative estimate of drug-likeness (QED) is 0.874. The Balaban J connectivity index is 2.18. The van der Waals surface area contributed by atoms with Crippen LogP contribution in [0.15, 0.2) is 53.7 Å². The van der Waals surface area contributed by atoms with Crippen LogP contribution in [0.1, 0.15) is 28.9 Å². The van der Waals surface area contributed by atoms with Crippen molar-refractivity contribution >= 4 is 15.9 Å². The molecular weight excluding hydrogens is 302 g/mol. The van der Waals surface area contributed by atoms with Crippen LogP contribution in [0.3, 0.4) is 0 Å². The predicted molar refractivity (Wildman–Crippen MR) is 82.8 cm³/mol. The number of carbonyl (C=O) groups is 1. The van der Waals surface area contributed by atoms with E-state index < -0.39 is 16.1 Å². The average molecular weight is 319 g/mol. The molecule has 0 radical (unpaired) electrons. The first-order valence-corrected chi connectivity index (χ1v) is 8.17. The minimum absolute atomic E-state index is 0.107. The summed E-state index contributed by atoms with van der Waals surface area (Å²) in [5, 5.41) is 2.48. The lowest BCUT2D eigenvalue weighted by molar-refractivity contribution is 0.0963. The molecule has 0 aliphatic carbocycles. The van der Waals surface area contributed by atoms with Crippen molar-refractivity contribution in [2.24, 2.45) is 0 Å². The number of hydrogen-bond acceptors (Lipinski definition) is 4. The molecule has 1 unspecified atom stereocenters. The van der Waals surface area contributed by atoms with E-state index in [-0.39, 0.29) is 10.8 Å². The normalized spacial score (nSPS) is 12.6. The lowest BCUT2D eigenvalue weighted by atomic mass is 10.2. The third-order valence-electron chi connectivity index (χ3n) is 3.17. The summed E-state index contributed by atoms with van der Waals surface area (Å²) < 4.78 is 27.3. The first-order chi connectivity index (χ1) is 10.4. The molecule has 2 rings (SSSR count). The number of amides is 1. The molecule has 0 saturated carbocycles. The molecule has 7 heteroatoms. The Bertz CT molecular complexity index is 743. The van der Waals surface area contributed by atoms with Gasteiger partial charge in [-0.2, -0.15) is 0 Å². The smallest absolute Gasteiger partial charge is 0.251 e. The van der Waals surface area contributed by atoms with Crippen molar-refractivity contribution in [3.05, 3.63) is 59.9 Å². The van der Waals surface area contributed by atoms with Crippen LogP contribution in [0.25, 0.3) is 0 Å². The minimum Gasteiger partial charge on any atom is -0.355 e. The van der Waals surface area contributed by atoms with Crippen LogP contribution >= 0.6 is 0 Å². The Morgan fingerprint density at radius 2 is 1.86 bits per heavy atom. The molecule has 1 heterocycles. The van der Waals surface area contributed by atoms with Crippen LogP contribution in [0.2, 0.25) is 0 Å². The third kappa shape index (κ3) is 3.69. The third-order valence-corrected chi connectivity index (χ3v) is 4.73. The summed E-state index contributed by atoms with van der Waals surface area (Å²) >= 11 is 0. The monoisotopic (exact) mass is 319 g/mol. The van der Waals surface area contributed by atoms with Gasteiger partial charge in [-0.25, -0.2) is 13.1 Å². The highest BCUT2D eigenvalue weighted by Gasteiger charge is 2.18. The summed E-state index contributed by atoms with van der Waals surface area (Å²) in [6, 6.07) is 8.90. The molecule has 2 N–H and O–H groups in total. The van der Waals surface area contributed by atoms with E-state index in [1.807, 2.05) is 0 Å². The zero-order valence-electron chi connectivity index (χ0n) is 12.3. The molecule has 1 atom stereocenters. The number of nitrogens with one attached hydrogen (secondary N) is 2. The highest BCUT2D eigenvalue weighted by atomic mass is 32.2. The fourth-order valence-corrected chi connectivity index (χ4v) is 3.16. The van der Waals surface area contributed by atoms with Crippen LogP contribution in [0, 0.1) is 0 Å². The van der Waals surface area contributed by atoms with Crippen molar-refractivity contribution in [2.75, 3.05) is 7.05 Å². The second kappa shape index (κ2) is 6.67. The molecule has 0 fully saturated rings. The van der Waals surface area contributed by atoms with E-state index in [9.17, 15) is 13.2 Å². The number of pyridine rings is 1. The van der Waals surface area contributed by atoms with Gasteiger partial charge in [-0.3, -0.25) is 9.78 Å². The van der Waals surface area contributed by atoms with Crippen molar-refractivity contribution in [1.29, 1.82) is 0 Å². The number of carbonyl (C=O) groups excluding carboxylic acids is 1. The van der Waals surface area contributed by atoms with Gasteiger partial charge in [-0.15, -0.1) is 0 Å². The Morgan fingerprint density at radius 1 is 1.18 bits per heavy atom. The van der Waals surface area contributed by atoms with Gasteiger partial charge in [0.2, 0.25) is 10.0 Å². The Hall–Kier alpha value is -2.25. The predicted octanol–water partition coefficient (Wildman–Crippen LogP) is 1.48. The molecule has 116 valence electrons. The molecule has 0 saturated heterocycles. The van der Waals surface area contributed by atoms with Crippen LogP contribution in [0.4, 0.5) is 0 Å². The van der Waals surface area contributed by atoms with E-state index in [0.29, 0.717) is 5.56 Å². The zero-order valence-corrected chi connectivity index (χ0v) is 13.1. The number of hydrogen-bond donors (Lipinski definition) is 2. The van der Waals surface area contributed by atoms with Crippen molar-refractivity contribution in [1.82, 2.24) is 15.0 Å². The Kier molecular flexibility index (Phi) is 4.89. The van der Waals surface area contributed by atoms with E-state index in [0.717, 1.165) is 5.56 Å². The maximum Gasteiger partial charge on any atom is 0.251 e. The highest BCUT2D eigenvalue weighted by molar-refractivity contribution is 7.89. The van der Waals surface area contributed by atoms with Crippen LogP contribution < -0.4 is 10.0 Å². The Morgan fingerprint density at radius 3 is 2.41 bits per heavy atom. The van der Waals surface area contributed by atoms with Crippen LogP contribution in [-0.2, 0) is 10.0 Å². The number of nitrogens with zero attached hydrogens (tertiary/aromatic N) is 1. The number of aromatic nitrogens is 1. The summed E-state index contributed by atoms with van der Waals surface area (Å²) in [5.74, 6) is -0.263. The van der Waals surface area contributed by atoms with E-state index in [4.69, 9.17) is 0 Å². The molecule has 6 nitrogen and oxygen atoms in total. The molecule has 0 aliphatic rings. The first kappa shape index (κ1) is 16.1. The minimum atomic E-state index is -3.67. The molecule has 0 aliphatic heterocycles. The van der Waals surface area contributed by atoms with E-state index >= 15 is 0 Å². The van der Waals surface area contributed by atoms with Crippen LogP contribution in [-0.4, -0.2) is 26.4 Å². The molecule has 1 aromatic carbocycles. The maximum atomic E-state index is 12.3. The van der Waals surface area contributed by atoms with Crippen molar-refractivity contribution in [2.45, 2.75) is 17.9 Å². The van der Waals surface area contributed by atoms with E-state index in [1.54, 1.807) is 31.5 Å². The summed E-state index contributed by atoms with van der Waals surface area (Å²) in [6.07, 6.45) is 3.24. The molecule has 1 aromatic heterocycles. The number of sulfonamides is 1. The maximum absolute atomic E-state index is 12.3. The second-order valence-electron chi connectivity index (χ2n) is 4.73. The van der Waals surface area contributed by atoms with Crippen molar-refractivity contribution in [3.8, 4) is 0 Å². The van der Waals surface area contributed by atoms with E-state index in [1.165, 1.54) is 31.3 Å². The summed E-state index contributed by atoms with van der Waals surface area (Å²) in [6.45, 7) is 1.74. The van der Waals surface area contributed by atoms with Gasteiger partial charge in [0.1, 0.15) is 0 Å². The lowest BCUT2D eigenvalue weighted by Gasteiger charge is -2.14. The molecular formula is C15H17N3O3S. The SMILES string of the molecule is CNC(=O)c1ccc(S(=O)(=O)NC(C)c2cccnc2)cc1. The number of benzene rings is 1. The van der Waals surface area contributed by atoms with Gasteiger partial charge in [0.25, 0.3) is 5.91 Å². The van der Waals surface area contributed by atoms with Crippen molar-refractivity contribution in [3.63, 3.8) is 0 Å². The Labute approximate surface area is 129 Å². The van der Waals surface area contributed by atoms with Crippen LogP contribution in [0.5, 0.6) is 0 Å². The van der Waals surface area contributed by atoms with Crippen molar-refractivity contribution < 1.29 is 13.2 Å². The zero-order chi connectivity index (χ0) is 16.2. The molecule has 0 bridgehead atoms. The van der Waals surface area contributed by atoms with Gasteiger partial charge in [0, 0.05) is 31.0 Å². The topological polar surface area (TPSA) is 88.2 Å². The largest absolute Gasteiger partial charge is 0.355 e. The second-order valence-corrected chi connectivity index (χ2v) is 6.45. The average Bonchev–Trinajstić information content (AvgIpc) is 2.54. The molecule has 1 amide bonds. The van der Waals surface area contributed by atoms with Gasteiger partial charge >= 0.3 is 0 Å².